The van der Waals surface area contributed by atoms with Crippen LogP contribution in [-0.4, -0.2) is 52.4 Å². The molecule has 4 rings (SSSR count). The SMILES string of the molecule is CC1(N)CCN(c2ncc(S(=O)(=O)c3ccnc(N)c3Cl)c3nn[nH]c23)CC1. The zero-order valence-electron chi connectivity index (χ0n) is 15.1. The highest BCUT2D eigenvalue weighted by Crippen LogP contribution is 2.35. The normalized spacial score (nSPS) is 17.2. The number of piperidine rings is 1. The average Bonchev–Trinajstić information content (AvgIpc) is 3.13. The Labute approximate surface area is 166 Å². The van der Waals surface area contributed by atoms with E-state index >= 15 is 0 Å². The van der Waals surface area contributed by atoms with Crippen molar-refractivity contribution in [3.05, 3.63) is 23.5 Å². The Bertz CT molecular complexity index is 1150. The molecule has 0 radical (unpaired) electrons. The third-order valence-electron chi connectivity index (χ3n) is 4.97. The van der Waals surface area contributed by atoms with Gasteiger partial charge in [0.05, 0.1) is 11.1 Å². The molecule has 0 spiro atoms. The Kier molecular flexibility index (Phi) is 4.40. The number of halogens is 1. The molecule has 4 heterocycles. The molecule has 28 heavy (non-hydrogen) atoms. The van der Waals surface area contributed by atoms with Crippen molar-refractivity contribution in [3.8, 4) is 0 Å². The Morgan fingerprint density at radius 3 is 2.68 bits per heavy atom. The van der Waals surface area contributed by atoms with Crippen molar-refractivity contribution >= 4 is 44.1 Å². The van der Waals surface area contributed by atoms with Crippen molar-refractivity contribution < 1.29 is 8.42 Å². The summed E-state index contributed by atoms with van der Waals surface area (Å²) in [6.45, 7) is 3.42. The fourth-order valence-electron chi connectivity index (χ4n) is 3.23. The largest absolute Gasteiger partial charge is 0.382 e. The van der Waals surface area contributed by atoms with Crippen LogP contribution in [0.2, 0.25) is 5.02 Å². The molecule has 1 saturated heterocycles. The summed E-state index contributed by atoms with van der Waals surface area (Å²) in [5.74, 6) is 0.525. The van der Waals surface area contributed by atoms with Crippen LogP contribution in [-0.2, 0) is 9.84 Å². The van der Waals surface area contributed by atoms with Crippen molar-refractivity contribution in [2.24, 2.45) is 5.73 Å². The smallest absolute Gasteiger partial charge is 0.212 e. The molecule has 1 aliphatic rings. The lowest BCUT2D eigenvalue weighted by Gasteiger charge is -2.37. The van der Waals surface area contributed by atoms with E-state index in [1.807, 2.05) is 11.8 Å². The third-order valence-corrected chi connectivity index (χ3v) is 7.28. The molecule has 1 fully saturated rings. The number of fused-ring (bicyclic) bond motifs is 1. The number of aromatic nitrogens is 5. The summed E-state index contributed by atoms with van der Waals surface area (Å²) in [4.78, 5) is 9.99. The summed E-state index contributed by atoms with van der Waals surface area (Å²) in [5, 5.41) is 10.4. The maximum absolute atomic E-state index is 13.2. The molecule has 148 valence electrons. The molecule has 3 aromatic rings. The molecule has 5 N–H and O–H groups in total. The van der Waals surface area contributed by atoms with E-state index in [0.717, 1.165) is 12.8 Å². The van der Waals surface area contributed by atoms with Gasteiger partial charge >= 0.3 is 0 Å². The van der Waals surface area contributed by atoms with Crippen LogP contribution < -0.4 is 16.4 Å². The number of nitrogens with one attached hydrogen (secondary N) is 1. The number of pyridine rings is 2. The number of nitrogen functional groups attached to an aromatic ring is 1. The lowest BCUT2D eigenvalue weighted by Crippen LogP contribution is -2.48. The number of nitrogens with zero attached hydrogens (tertiary/aromatic N) is 5. The van der Waals surface area contributed by atoms with Gasteiger partial charge in [0.2, 0.25) is 9.84 Å². The highest BCUT2D eigenvalue weighted by molar-refractivity contribution is 7.91. The zero-order valence-corrected chi connectivity index (χ0v) is 16.6. The first-order chi connectivity index (χ1) is 13.2. The minimum atomic E-state index is -4.03. The van der Waals surface area contributed by atoms with Crippen LogP contribution in [0.3, 0.4) is 0 Å². The first kappa shape index (κ1) is 18.8. The fraction of sp³-hybridized carbons (Fsp3) is 0.375. The van der Waals surface area contributed by atoms with Crippen LogP contribution in [0.5, 0.6) is 0 Å². The van der Waals surface area contributed by atoms with Crippen LogP contribution in [0.1, 0.15) is 19.8 Å². The second kappa shape index (κ2) is 6.54. The van der Waals surface area contributed by atoms with Gasteiger partial charge in [-0.2, -0.15) is 0 Å². The molecule has 0 aromatic carbocycles. The molecule has 0 amide bonds. The maximum atomic E-state index is 13.2. The lowest BCUT2D eigenvalue weighted by atomic mass is 9.91. The summed E-state index contributed by atoms with van der Waals surface area (Å²) in [6, 6.07) is 1.29. The number of nitrogens with two attached hydrogens (primary N) is 2. The second-order valence-electron chi connectivity index (χ2n) is 7.13. The average molecular weight is 423 g/mol. The van der Waals surface area contributed by atoms with Crippen molar-refractivity contribution in [1.29, 1.82) is 0 Å². The standard InChI is InChI=1S/C16H19ClN8O2S/c1-16(19)3-6-25(7-4-16)15-13-12(22-24-23-13)10(8-21-15)28(26,27)9-2-5-20-14(18)11(9)17/h2,5,8H,3-4,6-7,19H2,1H3,(H2,18,20)(H,22,23,24). The number of aromatic amines is 1. The predicted molar refractivity (Wildman–Crippen MR) is 105 cm³/mol. The monoisotopic (exact) mass is 422 g/mol. The van der Waals surface area contributed by atoms with Crippen LogP contribution in [0.4, 0.5) is 11.6 Å². The van der Waals surface area contributed by atoms with E-state index in [9.17, 15) is 8.42 Å². The number of H-pyrrole nitrogens is 1. The Balaban J connectivity index is 1.81. The molecule has 3 aromatic heterocycles. The molecule has 0 saturated carbocycles. The molecule has 1 aliphatic heterocycles. The molecule has 0 unspecified atom stereocenters. The Hall–Kier alpha value is -2.50. The minimum Gasteiger partial charge on any atom is -0.382 e. The van der Waals surface area contributed by atoms with Crippen LogP contribution in [0, 0.1) is 0 Å². The number of hydrogen-bond donors (Lipinski definition) is 3. The van der Waals surface area contributed by atoms with Gasteiger partial charge in [0.25, 0.3) is 0 Å². The van der Waals surface area contributed by atoms with Crippen molar-refractivity contribution in [2.75, 3.05) is 23.7 Å². The van der Waals surface area contributed by atoms with Gasteiger partial charge in [-0.25, -0.2) is 18.4 Å². The maximum Gasteiger partial charge on any atom is 0.212 e. The quantitative estimate of drug-likeness (QED) is 0.562. The van der Waals surface area contributed by atoms with Crippen LogP contribution >= 0.6 is 11.6 Å². The van der Waals surface area contributed by atoms with Gasteiger partial charge in [0, 0.05) is 24.8 Å². The lowest BCUT2D eigenvalue weighted by molar-refractivity contribution is 0.363. The fourth-order valence-corrected chi connectivity index (χ4v) is 5.06. The van der Waals surface area contributed by atoms with Crippen molar-refractivity contribution in [2.45, 2.75) is 35.1 Å². The number of hydrogen-bond acceptors (Lipinski definition) is 9. The molecule has 0 aliphatic carbocycles. The van der Waals surface area contributed by atoms with E-state index < -0.39 is 9.84 Å². The topological polar surface area (TPSA) is 157 Å². The summed E-state index contributed by atoms with van der Waals surface area (Å²) in [6.07, 6.45) is 4.15. The molecular weight excluding hydrogens is 404 g/mol. The minimum absolute atomic E-state index is 0.0677. The number of rotatable bonds is 3. The van der Waals surface area contributed by atoms with Gasteiger partial charge in [-0.1, -0.05) is 16.8 Å². The summed E-state index contributed by atoms with van der Waals surface area (Å²) >= 11 is 6.08. The zero-order chi connectivity index (χ0) is 20.1. The number of sulfone groups is 1. The molecular formula is C16H19ClN8O2S. The van der Waals surface area contributed by atoms with Gasteiger partial charge in [0.1, 0.15) is 26.8 Å². The highest BCUT2D eigenvalue weighted by Gasteiger charge is 2.31. The Morgan fingerprint density at radius 1 is 1.25 bits per heavy atom. The summed E-state index contributed by atoms with van der Waals surface area (Å²) in [7, 11) is -4.03. The van der Waals surface area contributed by atoms with E-state index in [4.69, 9.17) is 23.1 Å². The first-order valence-electron chi connectivity index (χ1n) is 8.59. The molecule has 12 heteroatoms. The van der Waals surface area contributed by atoms with Crippen LogP contribution in [0.15, 0.2) is 28.3 Å². The van der Waals surface area contributed by atoms with Crippen LogP contribution in [0.25, 0.3) is 11.0 Å². The molecule has 0 atom stereocenters. The van der Waals surface area contributed by atoms with E-state index in [1.165, 1.54) is 18.5 Å². The van der Waals surface area contributed by atoms with Gasteiger partial charge in [-0.05, 0) is 25.8 Å². The summed E-state index contributed by atoms with van der Waals surface area (Å²) < 4.78 is 26.3. The van der Waals surface area contributed by atoms with Gasteiger partial charge in [-0.3, -0.25) is 5.10 Å². The van der Waals surface area contributed by atoms with Gasteiger partial charge in [0.15, 0.2) is 5.82 Å². The predicted octanol–water partition coefficient (Wildman–Crippen LogP) is 1.13. The Morgan fingerprint density at radius 2 is 1.96 bits per heavy atom. The number of anilines is 2. The van der Waals surface area contributed by atoms with Gasteiger partial charge in [-0.15, -0.1) is 5.10 Å². The van der Waals surface area contributed by atoms with E-state index in [0.29, 0.717) is 24.4 Å². The van der Waals surface area contributed by atoms with Crippen molar-refractivity contribution in [1.82, 2.24) is 25.4 Å². The van der Waals surface area contributed by atoms with E-state index in [-0.39, 0.29) is 31.7 Å². The van der Waals surface area contributed by atoms with Gasteiger partial charge < -0.3 is 16.4 Å². The van der Waals surface area contributed by atoms with E-state index in [2.05, 4.69) is 25.4 Å². The first-order valence-corrected chi connectivity index (χ1v) is 10.5. The summed E-state index contributed by atoms with van der Waals surface area (Å²) in [5.41, 5.74) is 12.3. The second-order valence-corrected chi connectivity index (χ2v) is 9.40. The third kappa shape index (κ3) is 3.05. The molecule has 10 nitrogen and oxygen atoms in total. The van der Waals surface area contributed by atoms with E-state index in [1.54, 1.807) is 0 Å². The molecule has 0 bridgehead atoms. The highest BCUT2D eigenvalue weighted by atomic mass is 35.5. The van der Waals surface area contributed by atoms with Crippen molar-refractivity contribution in [3.63, 3.8) is 0 Å².